The van der Waals surface area contributed by atoms with Crippen molar-refractivity contribution in [2.45, 2.75) is 63.0 Å². The number of hydrogen-bond acceptors (Lipinski definition) is 8. The number of rotatable bonds is 15. The van der Waals surface area contributed by atoms with Crippen molar-refractivity contribution < 1.29 is 38.4 Å². The molecule has 3 aliphatic rings. The lowest BCUT2D eigenvalue weighted by Gasteiger charge is -2.52. The highest BCUT2D eigenvalue weighted by Gasteiger charge is 2.59. The Balaban J connectivity index is 1.10. The van der Waals surface area contributed by atoms with Crippen LogP contribution in [-0.4, -0.2) is 63.6 Å². The number of hydrogen-bond donors (Lipinski definition) is 3. The lowest BCUT2D eigenvalue weighted by molar-refractivity contribution is -0.328. The van der Waals surface area contributed by atoms with Gasteiger partial charge in [0.15, 0.2) is 11.8 Å². The number of para-hydroxylation sites is 2. The average molecular weight is 892 g/mol. The number of aromatic nitrogens is 2. The molecule has 1 aliphatic carbocycles. The van der Waals surface area contributed by atoms with E-state index >= 15 is 0 Å². The fraction of sp³-hybridized carbons (Fsp3) is 0.214. The highest BCUT2D eigenvalue weighted by atomic mass is 16.6. The first-order valence-corrected chi connectivity index (χ1v) is 22.7. The standard InChI is InChI=1S/C56H49N3O8/c60-53-49-47-40-25-13-15-27-42(40)57-43(47)29-45-48(50(49)54(61)58-53)41-26-14-16-28-44(41)59(45)55-56(62,35-64-31-37-19-7-2-8-20-37)52(66-33-39-23-11-4-12-24-39)51(65-32-38-21-9-3-10-22-38)46(67-55)34-63-30-36-17-5-1-6-18-36/h1-28,46,51-52,55,57,62H,29-35H2,(H,58,60,61)/t46-,51-,52+,55?,56-/m1/s1. The highest BCUT2D eigenvalue weighted by Crippen LogP contribution is 2.50. The van der Waals surface area contributed by atoms with Crippen LogP contribution in [0.5, 0.6) is 0 Å². The van der Waals surface area contributed by atoms with Crippen LogP contribution in [0.1, 0.15) is 51.0 Å². The zero-order chi connectivity index (χ0) is 45.3. The van der Waals surface area contributed by atoms with E-state index in [1.54, 1.807) is 0 Å². The monoisotopic (exact) mass is 891 g/mol. The number of H-pyrrole nitrogens is 1. The normalized spacial score (nSPS) is 21.3. The molecule has 0 bridgehead atoms. The van der Waals surface area contributed by atoms with Crippen molar-refractivity contribution in [3.63, 3.8) is 0 Å². The maximum atomic E-state index is 14.3. The Kier molecular flexibility index (Phi) is 11.7. The molecule has 11 nitrogen and oxygen atoms in total. The van der Waals surface area contributed by atoms with Gasteiger partial charge in [0.1, 0.15) is 18.3 Å². The summed E-state index contributed by atoms with van der Waals surface area (Å²) < 4.78 is 36.5. The number of carbonyl (C=O) groups is 2. The molecule has 3 N–H and O–H groups in total. The van der Waals surface area contributed by atoms with Crippen LogP contribution in [0.4, 0.5) is 0 Å². The SMILES string of the molecule is O=C1NC(=O)C2=C1c1c([nH]c3ccccc13)Cc1c2c2ccccc2n1C1O[C@H](COCc2ccccc2)[C@@H](OCc2ccccc2)[C@H](OCc2ccccc2)[C@]1(O)COCc1ccccc1. The van der Waals surface area contributed by atoms with Crippen LogP contribution in [0.2, 0.25) is 0 Å². The molecule has 1 unspecified atom stereocenters. The Labute approximate surface area is 387 Å². The van der Waals surface area contributed by atoms with Crippen LogP contribution in [0, 0.1) is 0 Å². The minimum Gasteiger partial charge on any atom is -0.380 e. The van der Waals surface area contributed by atoms with E-state index in [0.717, 1.165) is 44.2 Å². The van der Waals surface area contributed by atoms with Crippen molar-refractivity contribution in [3.8, 4) is 0 Å². The van der Waals surface area contributed by atoms with E-state index in [-0.39, 0.29) is 45.0 Å². The summed E-state index contributed by atoms with van der Waals surface area (Å²) in [4.78, 5) is 31.9. The summed E-state index contributed by atoms with van der Waals surface area (Å²) >= 11 is 0. The van der Waals surface area contributed by atoms with Crippen molar-refractivity contribution in [1.82, 2.24) is 14.9 Å². The average Bonchev–Trinajstić information content (AvgIpc) is 3.94. The summed E-state index contributed by atoms with van der Waals surface area (Å²) in [6.45, 7) is 0.691. The summed E-state index contributed by atoms with van der Waals surface area (Å²) in [5.41, 5.74) is 6.61. The van der Waals surface area contributed by atoms with E-state index in [1.165, 1.54) is 0 Å². The highest BCUT2D eigenvalue weighted by molar-refractivity contribution is 6.51. The minimum absolute atomic E-state index is 0.0801. The topological polar surface area (TPSA) is 133 Å². The number of aromatic amines is 1. The second kappa shape index (κ2) is 18.4. The van der Waals surface area contributed by atoms with Crippen LogP contribution in [0.25, 0.3) is 33.0 Å². The van der Waals surface area contributed by atoms with Crippen molar-refractivity contribution in [2.24, 2.45) is 0 Å². The van der Waals surface area contributed by atoms with E-state index in [1.807, 2.05) is 174 Å². The summed E-state index contributed by atoms with van der Waals surface area (Å²) in [6, 6.07) is 55.0. The molecule has 0 spiro atoms. The number of imide groups is 1. The minimum atomic E-state index is -1.96. The zero-order valence-electron chi connectivity index (χ0n) is 36.7. The zero-order valence-corrected chi connectivity index (χ0v) is 36.7. The van der Waals surface area contributed by atoms with E-state index in [0.29, 0.717) is 34.5 Å². The number of aliphatic hydroxyl groups is 1. The Morgan fingerprint density at radius 3 is 1.76 bits per heavy atom. The number of fused-ring (bicyclic) bond motifs is 8. The molecular formula is C56H49N3O8. The third-order valence-corrected chi connectivity index (χ3v) is 13.1. The Morgan fingerprint density at radius 2 is 1.12 bits per heavy atom. The molecule has 1 fully saturated rings. The Hall–Kier alpha value is -6.96. The lowest BCUT2D eigenvalue weighted by Crippen LogP contribution is -2.67. The van der Waals surface area contributed by atoms with Gasteiger partial charge in [-0.1, -0.05) is 158 Å². The molecule has 11 heteroatoms. The first-order valence-electron chi connectivity index (χ1n) is 22.7. The summed E-state index contributed by atoms with van der Waals surface area (Å²) in [5, 5.41) is 18.2. The predicted molar refractivity (Wildman–Crippen MR) is 254 cm³/mol. The quantitative estimate of drug-likeness (QED) is 0.0871. The lowest BCUT2D eigenvalue weighted by atomic mass is 9.84. The second-order valence-electron chi connectivity index (χ2n) is 17.4. The summed E-state index contributed by atoms with van der Waals surface area (Å²) in [5.74, 6) is -0.947. The summed E-state index contributed by atoms with van der Waals surface area (Å²) in [6.07, 6.45) is -3.70. The molecule has 5 atom stereocenters. The Bertz CT molecular complexity index is 3100. The van der Waals surface area contributed by atoms with Crippen molar-refractivity contribution >= 4 is 44.8 Å². The predicted octanol–water partition coefficient (Wildman–Crippen LogP) is 8.83. The van der Waals surface area contributed by atoms with E-state index in [4.69, 9.17) is 23.7 Å². The van der Waals surface area contributed by atoms with Gasteiger partial charge in [0.2, 0.25) is 0 Å². The van der Waals surface area contributed by atoms with Crippen LogP contribution in [0.15, 0.2) is 170 Å². The van der Waals surface area contributed by atoms with Gasteiger partial charge >= 0.3 is 0 Å². The first kappa shape index (κ1) is 42.7. The van der Waals surface area contributed by atoms with Crippen molar-refractivity contribution in [3.05, 3.63) is 215 Å². The number of amides is 2. The van der Waals surface area contributed by atoms with Gasteiger partial charge in [-0.15, -0.1) is 0 Å². The largest absolute Gasteiger partial charge is 0.380 e. The number of benzene rings is 6. The van der Waals surface area contributed by atoms with Crippen LogP contribution in [-0.2, 0) is 66.1 Å². The maximum Gasteiger partial charge on any atom is 0.259 e. The molecule has 2 aromatic heterocycles. The van der Waals surface area contributed by atoms with E-state index < -0.39 is 42.0 Å². The summed E-state index contributed by atoms with van der Waals surface area (Å²) in [7, 11) is 0. The molecule has 4 heterocycles. The van der Waals surface area contributed by atoms with Gasteiger partial charge in [0.25, 0.3) is 11.8 Å². The van der Waals surface area contributed by atoms with Gasteiger partial charge in [-0.3, -0.25) is 14.9 Å². The molecule has 336 valence electrons. The molecule has 0 saturated carbocycles. The Morgan fingerprint density at radius 1 is 0.597 bits per heavy atom. The molecule has 1 saturated heterocycles. The molecule has 8 aromatic rings. The number of nitrogens with one attached hydrogen (secondary N) is 2. The van der Waals surface area contributed by atoms with Gasteiger partial charge < -0.3 is 38.3 Å². The van der Waals surface area contributed by atoms with Gasteiger partial charge in [-0.2, -0.15) is 0 Å². The van der Waals surface area contributed by atoms with E-state index in [2.05, 4.69) is 10.3 Å². The molecule has 2 aliphatic heterocycles. The van der Waals surface area contributed by atoms with Crippen molar-refractivity contribution in [2.75, 3.05) is 13.2 Å². The maximum absolute atomic E-state index is 14.3. The van der Waals surface area contributed by atoms with E-state index in [9.17, 15) is 14.7 Å². The molecule has 0 radical (unpaired) electrons. The van der Waals surface area contributed by atoms with Crippen molar-refractivity contribution in [1.29, 1.82) is 0 Å². The number of ether oxygens (including phenoxy) is 5. The molecule has 11 rings (SSSR count). The van der Waals surface area contributed by atoms with Crippen LogP contribution >= 0.6 is 0 Å². The third kappa shape index (κ3) is 8.10. The molecule has 6 aromatic carbocycles. The van der Waals surface area contributed by atoms with Crippen LogP contribution in [0.3, 0.4) is 0 Å². The first-order chi connectivity index (χ1) is 32.9. The molecular weight excluding hydrogens is 843 g/mol. The molecule has 2 amide bonds. The fourth-order valence-corrected chi connectivity index (χ4v) is 10.0. The van der Waals surface area contributed by atoms with Gasteiger partial charge in [0, 0.05) is 45.2 Å². The van der Waals surface area contributed by atoms with Gasteiger partial charge in [-0.05, 0) is 34.4 Å². The number of nitrogens with zero attached hydrogens (tertiary/aromatic N) is 1. The third-order valence-electron chi connectivity index (χ3n) is 13.1. The number of carbonyl (C=O) groups excluding carboxylic acids is 2. The molecule has 67 heavy (non-hydrogen) atoms. The fourth-order valence-electron chi connectivity index (χ4n) is 10.0. The van der Waals surface area contributed by atoms with Gasteiger partial charge in [0.05, 0.1) is 56.3 Å². The van der Waals surface area contributed by atoms with Gasteiger partial charge in [-0.25, -0.2) is 0 Å². The second-order valence-corrected chi connectivity index (χ2v) is 17.4. The smallest absolute Gasteiger partial charge is 0.259 e. The van der Waals surface area contributed by atoms with Crippen LogP contribution < -0.4 is 5.32 Å².